The van der Waals surface area contributed by atoms with Crippen LogP contribution in [0, 0.1) is 11.8 Å². The quantitative estimate of drug-likeness (QED) is 0.885. The Labute approximate surface area is 152 Å². The molecule has 2 aliphatic carbocycles. The fraction of sp³-hybridized carbons (Fsp3) is 0.700. The molecule has 3 heterocycles. The van der Waals surface area contributed by atoms with Crippen molar-refractivity contribution in [1.29, 1.82) is 0 Å². The highest BCUT2D eigenvalue weighted by Crippen LogP contribution is 2.46. The van der Waals surface area contributed by atoms with Crippen LogP contribution in [0.1, 0.15) is 62.6 Å². The van der Waals surface area contributed by atoms with E-state index in [9.17, 15) is 13.9 Å². The average Bonchev–Trinajstić information content (AvgIpc) is 3.29. The Morgan fingerprint density at radius 2 is 2.00 bits per heavy atom. The van der Waals surface area contributed by atoms with E-state index in [2.05, 4.69) is 21.7 Å². The van der Waals surface area contributed by atoms with Gasteiger partial charge in [0.2, 0.25) is 5.92 Å². The zero-order valence-corrected chi connectivity index (χ0v) is 14.8. The van der Waals surface area contributed by atoms with Gasteiger partial charge >= 0.3 is 0 Å². The summed E-state index contributed by atoms with van der Waals surface area (Å²) >= 11 is 0. The lowest BCUT2D eigenvalue weighted by Gasteiger charge is -2.33. The van der Waals surface area contributed by atoms with Crippen LogP contribution in [0.25, 0.3) is 0 Å². The Hall–Kier alpha value is -1.56. The van der Waals surface area contributed by atoms with Crippen LogP contribution in [0.15, 0.2) is 29.7 Å². The van der Waals surface area contributed by atoms with Crippen molar-refractivity contribution >= 4 is 5.71 Å². The monoisotopic (exact) mass is 361 g/mol. The van der Waals surface area contributed by atoms with E-state index in [-0.39, 0.29) is 36.8 Å². The summed E-state index contributed by atoms with van der Waals surface area (Å²) in [5.74, 6) is -1.76. The van der Waals surface area contributed by atoms with Crippen LogP contribution in [0.2, 0.25) is 0 Å². The fourth-order valence-corrected chi connectivity index (χ4v) is 4.99. The van der Waals surface area contributed by atoms with Crippen molar-refractivity contribution in [3.8, 4) is 0 Å². The van der Waals surface area contributed by atoms with Crippen LogP contribution in [0.4, 0.5) is 8.78 Å². The normalized spacial score (nSPS) is 34.3. The molecule has 140 valence electrons. The maximum atomic E-state index is 13.4. The van der Waals surface area contributed by atoms with Crippen molar-refractivity contribution in [1.82, 2.24) is 9.55 Å². The number of imidazole rings is 1. The largest absolute Gasteiger partial charge is 0.393 e. The van der Waals surface area contributed by atoms with Crippen LogP contribution < -0.4 is 0 Å². The zero-order valence-electron chi connectivity index (χ0n) is 14.8. The third kappa shape index (κ3) is 2.82. The molecule has 4 aliphatic rings. The number of rotatable bonds is 4. The van der Waals surface area contributed by atoms with E-state index < -0.39 is 12.0 Å². The minimum atomic E-state index is -2.55. The Morgan fingerprint density at radius 1 is 1.23 bits per heavy atom. The molecule has 4 nitrogen and oxygen atoms in total. The number of alkyl halides is 2. The molecule has 26 heavy (non-hydrogen) atoms. The van der Waals surface area contributed by atoms with Crippen molar-refractivity contribution < 1.29 is 13.9 Å². The molecule has 0 aromatic carbocycles. The number of hydrogen-bond donors (Lipinski definition) is 1. The first kappa shape index (κ1) is 16.6. The van der Waals surface area contributed by atoms with Gasteiger partial charge in [0.1, 0.15) is 0 Å². The van der Waals surface area contributed by atoms with Gasteiger partial charge in [0, 0.05) is 42.3 Å². The van der Waals surface area contributed by atoms with Gasteiger partial charge in [-0.25, -0.2) is 13.8 Å². The molecule has 4 atom stereocenters. The van der Waals surface area contributed by atoms with Gasteiger partial charge < -0.3 is 9.67 Å². The molecule has 1 aromatic rings. The number of allylic oxidation sites excluding steroid dienone is 1. The number of dihydropyridines is 1. The number of aliphatic hydroxyl groups excluding tert-OH is 1. The standard InChI is InChI=1S/C20H25F2N3O/c21-20(22)7-5-13(6-8-20)18(26)9-16-19-14(17-10-23-11-25(16)17)3-4-15(24-19)12-1-2-12/h3-4,10-14,16,18-19,26H,1-2,5-9H2. The Morgan fingerprint density at radius 3 is 2.73 bits per heavy atom. The zero-order chi connectivity index (χ0) is 17.9. The Kier molecular flexibility index (Phi) is 3.82. The molecule has 2 aliphatic heterocycles. The summed E-state index contributed by atoms with van der Waals surface area (Å²) < 4.78 is 29.0. The number of aliphatic imine (C=N–C) groups is 1. The number of aromatic nitrogens is 2. The molecular weight excluding hydrogens is 336 g/mol. The van der Waals surface area contributed by atoms with E-state index >= 15 is 0 Å². The van der Waals surface area contributed by atoms with Crippen molar-refractivity contribution in [3.05, 3.63) is 30.4 Å². The first-order chi connectivity index (χ1) is 12.5. The molecular formula is C20H25F2N3O. The molecule has 0 amide bonds. The summed E-state index contributed by atoms with van der Waals surface area (Å²) in [5.41, 5.74) is 2.35. The Balaban J connectivity index is 1.35. The first-order valence-electron chi connectivity index (χ1n) is 9.85. The third-order valence-corrected chi connectivity index (χ3v) is 6.71. The number of hydrogen-bond acceptors (Lipinski definition) is 3. The number of aliphatic hydroxyl groups is 1. The summed E-state index contributed by atoms with van der Waals surface area (Å²) in [6.07, 6.45) is 11.2. The minimum Gasteiger partial charge on any atom is -0.393 e. The average molecular weight is 361 g/mol. The van der Waals surface area contributed by atoms with Crippen molar-refractivity contribution in [2.45, 2.75) is 75.0 Å². The predicted octanol–water partition coefficient (Wildman–Crippen LogP) is 3.89. The summed E-state index contributed by atoms with van der Waals surface area (Å²) in [6, 6.07) is 0.168. The van der Waals surface area contributed by atoms with Crippen LogP contribution in [0.3, 0.4) is 0 Å². The maximum Gasteiger partial charge on any atom is 0.248 e. The van der Waals surface area contributed by atoms with Crippen LogP contribution in [-0.4, -0.2) is 38.4 Å². The van der Waals surface area contributed by atoms with E-state index in [4.69, 9.17) is 4.99 Å². The van der Waals surface area contributed by atoms with Crippen LogP contribution >= 0.6 is 0 Å². The van der Waals surface area contributed by atoms with Crippen molar-refractivity contribution in [2.24, 2.45) is 16.8 Å². The number of halogens is 2. The second kappa shape index (κ2) is 5.98. The lowest BCUT2D eigenvalue weighted by molar-refractivity contribution is -0.0645. The molecule has 6 heteroatoms. The lowest BCUT2D eigenvalue weighted by Crippen LogP contribution is -2.34. The summed E-state index contributed by atoms with van der Waals surface area (Å²) in [6.45, 7) is 0. The van der Waals surface area contributed by atoms with Gasteiger partial charge in [0.05, 0.1) is 24.5 Å². The predicted molar refractivity (Wildman–Crippen MR) is 94.6 cm³/mol. The smallest absolute Gasteiger partial charge is 0.248 e. The van der Waals surface area contributed by atoms with E-state index in [1.165, 1.54) is 18.6 Å². The molecule has 2 fully saturated rings. The third-order valence-electron chi connectivity index (χ3n) is 6.71. The van der Waals surface area contributed by atoms with E-state index in [0.29, 0.717) is 25.2 Å². The topological polar surface area (TPSA) is 50.4 Å². The van der Waals surface area contributed by atoms with Gasteiger partial charge in [-0.3, -0.25) is 4.99 Å². The molecule has 2 saturated carbocycles. The highest BCUT2D eigenvalue weighted by Gasteiger charge is 2.45. The summed E-state index contributed by atoms with van der Waals surface area (Å²) in [7, 11) is 0. The molecule has 4 unspecified atom stereocenters. The SMILES string of the molecule is OC(CC1C2N=C(C3CC3)C=CC2c2cncn21)C1CCC(F)(F)CC1. The van der Waals surface area contributed by atoms with Gasteiger partial charge in [-0.1, -0.05) is 6.08 Å². The van der Waals surface area contributed by atoms with E-state index in [1.54, 1.807) is 0 Å². The minimum absolute atomic E-state index is 0.0355. The fourth-order valence-electron chi connectivity index (χ4n) is 4.99. The second-order valence-corrected chi connectivity index (χ2v) is 8.49. The molecule has 0 radical (unpaired) electrons. The molecule has 5 rings (SSSR count). The van der Waals surface area contributed by atoms with Gasteiger partial charge in [0.15, 0.2) is 0 Å². The molecule has 0 bridgehead atoms. The molecule has 1 N–H and O–H groups in total. The lowest BCUT2D eigenvalue weighted by atomic mass is 9.80. The van der Waals surface area contributed by atoms with Gasteiger partial charge in [-0.05, 0) is 44.1 Å². The maximum absolute atomic E-state index is 13.4. The summed E-state index contributed by atoms with van der Waals surface area (Å²) in [5, 5.41) is 10.8. The highest BCUT2D eigenvalue weighted by molar-refractivity contribution is 5.99. The van der Waals surface area contributed by atoms with E-state index in [0.717, 1.165) is 5.69 Å². The number of fused-ring (bicyclic) bond motifs is 3. The molecule has 1 aromatic heterocycles. The van der Waals surface area contributed by atoms with Crippen LogP contribution in [0.5, 0.6) is 0 Å². The Bertz CT molecular complexity index is 742. The first-order valence-corrected chi connectivity index (χ1v) is 9.85. The molecule has 0 spiro atoms. The van der Waals surface area contributed by atoms with E-state index in [1.807, 2.05) is 12.5 Å². The van der Waals surface area contributed by atoms with Gasteiger partial charge in [-0.2, -0.15) is 0 Å². The number of nitrogens with zero attached hydrogens (tertiary/aromatic N) is 3. The van der Waals surface area contributed by atoms with Crippen molar-refractivity contribution in [3.63, 3.8) is 0 Å². The highest BCUT2D eigenvalue weighted by atomic mass is 19.3. The summed E-state index contributed by atoms with van der Waals surface area (Å²) in [4.78, 5) is 9.34. The molecule has 0 saturated heterocycles. The van der Waals surface area contributed by atoms with Gasteiger partial charge in [-0.15, -0.1) is 0 Å². The van der Waals surface area contributed by atoms with Crippen LogP contribution in [-0.2, 0) is 0 Å². The second-order valence-electron chi connectivity index (χ2n) is 8.49. The van der Waals surface area contributed by atoms with Crippen molar-refractivity contribution in [2.75, 3.05) is 0 Å². The van der Waals surface area contributed by atoms with Gasteiger partial charge in [0.25, 0.3) is 0 Å².